The summed E-state index contributed by atoms with van der Waals surface area (Å²) >= 11 is 0. The Morgan fingerprint density at radius 2 is 1.04 bits per heavy atom. The van der Waals surface area contributed by atoms with Crippen molar-refractivity contribution in [2.75, 3.05) is 4.90 Å². The number of nitrogens with zero attached hydrogens (tertiary/aromatic N) is 3. The van der Waals surface area contributed by atoms with E-state index < -0.39 is 0 Å². The molecule has 0 saturated carbocycles. The van der Waals surface area contributed by atoms with Gasteiger partial charge in [0.25, 0.3) is 0 Å². The normalized spacial score (nSPS) is 13.1. The van der Waals surface area contributed by atoms with Crippen LogP contribution in [0.2, 0.25) is 0 Å². The van der Waals surface area contributed by atoms with Gasteiger partial charge in [-0.2, -0.15) is 0 Å². The molecule has 0 amide bonds. The molecule has 0 N–H and O–H groups in total. The van der Waals surface area contributed by atoms with Crippen LogP contribution >= 0.6 is 0 Å². The second kappa shape index (κ2) is 11.8. The Labute approximate surface area is 318 Å². The van der Waals surface area contributed by atoms with E-state index >= 15 is 0 Å². The van der Waals surface area contributed by atoms with Crippen LogP contribution in [0.5, 0.6) is 0 Å². The average molecular weight is 710 g/mol. The van der Waals surface area contributed by atoms with Gasteiger partial charge in [-0.1, -0.05) is 117 Å². The van der Waals surface area contributed by atoms with Gasteiger partial charge in [-0.15, -0.1) is 0 Å². The first-order chi connectivity index (χ1) is 27.0. The van der Waals surface area contributed by atoms with Crippen LogP contribution in [0.3, 0.4) is 0 Å². The Hall–Kier alpha value is -6.91. The number of rotatable bonds is 5. The predicted octanol–water partition coefficient (Wildman–Crippen LogP) is 13.8. The maximum atomic E-state index is 14.8. The summed E-state index contributed by atoms with van der Waals surface area (Å²) in [6.45, 7) is 4.67. The van der Waals surface area contributed by atoms with Crippen molar-refractivity contribution in [3.8, 4) is 22.5 Å². The van der Waals surface area contributed by atoms with E-state index in [1.807, 2.05) is 6.07 Å². The minimum absolute atomic E-state index is 0.170. The Morgan fingerprint density at radius 3 is 1.87 bits per heavy atom. The molecule has 1 aliphatic carbocycles. The SMILES string of the molecule is CC1(C)c2ccccc2-c2ccc(N(c3ccc4c5ccccc5n(-c5ccccc5)c4c3)c3cccc4c3c3ccccc3n4-c3cccc(F)c3)cc21. The van der Waals surface area contributed by atoms with Crippen LogP contribution in [0.1, 0.15) is 25.0 Å². The minimum atomic E-state index is -0.259. The molecule has 0 atom stereocenters. The molecule has 55 heavy (non-hydrogen) atoms. The van der Waals surface area contributed by atoms with Gasteiger partial charge in [-0.05, 0) is 101 Å². The third kappa shape index (κ3) is 4.61. The number of para-hydroxylation sites is 3. The van der Waals surface area contributed by atoms with E-state index in [9.17, 15) is 4.39 Å². The molecule has 2 heterocycles. The van der Waals surface area contributed by atoms with Crippen molar-refractivity contribution in [3.05, 3.63) is 199 Å². The quantitative estimate of drug-likeness (QED) is 0.173. The van der Waals surface area contributed by atoms with Crippen molar-refractivity contribution in [1.82, 2.24) is 9.13 Å². The molecule has 3 nitrogen and oxygen atoms in total. The molecule has 0 aliphatic heterocycles. The topological polar surface area (TPSA) is 13.1 Å². The van der Waals surface area contributed by atoms with Gasteiger partial charge in [-0.3, -0.25) is 0 Å². The molecule has 0 spiro atoms. The molecule has 1 aliphatic rings. The fraction of sp³-hybridized carbons (Fsp3) is 0.0588. The lowest BCUT2D eigenvalue weighted by atomic mass is 9.82. The average Bonchev–Trinajstić information content (AvgIpc) is 3.82. The maximum Gasteiger partial charge on any atom is 0.125 e. The number of anilines is 3. The van der Waals surface area contributed by atoms with Crippen molar-refractivity contribution in [1.29, 1.82) is 0 Å². The largest absolute Gasteiger partial charge is 0.310 e. The lowest BCUT2D eigenvalue weighted by Gasteiger charge is -2.29. The highest BCUT2D eigenvalue weighted by atomic mass is 19.1. The van der Waals surface area contributed by atoms with E-state index in [-0.39, 0.29) is 11.2 Å². The third-order valence-corrected chi connectivity index (χ3v) is 11.7. The smallest absolute Gasteiger partial charge is 0.125 e. The van der Waals surface area contributed by atoms with Crippen LogP contribution in [-0.4, -0.2) is 9.13 Å². The van der Waals surface area contributed by atoms with Gasteiger partial charge in [0.15, 0.2) is 0 Å². The first-order valence-corrected chi connectivity index (χ1v) is 18.9. The molecule has 0 bridgehead atoms. The highest BCUT2D eigenvalue weighted by Crippen LogP contribution is 2.52. The molecule has 8 aromatic carbocycles. The van der Waals surface area contributed by atoms with Crippen LogP contribution in [0.4, 0.5) is 21.5 Å². The van der Waals surface area contributed by atoms with E-state index in [4.69, 9.17) is 0 Å². The van der Waals surface area contributed by atoms with Crippen molar-refractivity contribution in [2.45, 2.75) is 19.3 Å². The van der Waals surface area contributed by atoms with Gasteiger partial charge < -0.3 is 14.0 Å². The number of hydrogen-bond donors (Lipinski definition) is 0. The Kier molecular flexibility index (Phi) is 6.78. The lowest BCUT2D eigenvalue weighted by Crippen LogP contribution is -2.16. The van der Waals surface area contributed by atoms with Gasteiger partial charge >= 0.3 is 0 Å². The van der Waals surface area contributed by atoms with Gasteiger partial charge in [-0.25, -0.2) is 4.39 Å². The van der Waals surface area contributed by atoms with Crippen molar-refractivity contribution in [3.63, 3.8) is 0 Å². The molecule has 10 aromatic rings. The summed E-state index contributed by atoms with van der Waals surface area (Å²) in [5, 5.41) is 4.64. The second-order valence-corrected chi connectivity index (χ2v) is 15.1. The maximum absolute atomic E-state index is 14.8. The van der Waals surface area contributed by atoms with E-state index in [0.717, 1.165) is 55.8 Å². The molecule has 262 valence electrons. The number of halogens is 1. The summed E-state index contributed by atoms with van der Waals surface area (Å²) in [7, 11) is 0. The highest BCUT2D eigenvalue weighted by Gasteiger charge is 2.36. The number of benzene rings is 8. The van der Waals surface area contributed by atoms with Gasteiger partial charge in [0.2, 0.25) is 0 Å². The number of aromatic nitrogens is 2. The van der Waals surface area contributed by atoms with Crippen LogP contribution in [0.25, 0.3) is 66.1 Å². The zero-order valence-corrected chi connectivity index (χ0v) is 30.5. The Bertz CT molecular complexity index is 3150. The van der Waals surface area contributed by atoms with Crippen molar-refractivity contribution in [2.24, 2.45) is 0 Å². The van der Waals surface area contributed by atoms with Crippen LogP contribution in [0.15, 0.2) is 182 Å². The summed E-state index contributed by atoms with van der Waals surface area (Å²) in [6.07, 6.45) is 0. The van der Waals surface area contributed by atoms with E-state index in [1.54, 1.807) is 12.1 Å². The number of hydrogen-bond acceptors (Lipinski definition) is 1. The monoisotopic (exact) mass is 709 g/mol. The standard InChI is InChI=1S/C51H36FN3/c1-51(2)43-21-9-6-18-38(43)39-28-26-36(31-44(39)51)53(37-27-29-41-40-19-7-10-22-45(40)54(49(41)32-37)34-15-4-3-5-16-34)47-24-13-25-48-50(47)42-20-8-11-23-46(42)55(48)35-17-12-14-33(52)30-35/h3-32H,1-2H3. The molecule has 0 radical (unpaired) electrons. The van der Waals surface area contributed by atoms with Crippen LogP contribution in [-0.2, 0) is 5.41 Å². The summed E-state index contributed by atoms with van der Waals surface area (Å²) < 4.78 is 19.4. The van der Waals surface area contributed by atoms with Gasteiger partial charge in [0, 0.05) is 49.7 Å². The molecule has 0 saturated heterocycles. The molecule has 11 rings (SSSR count). The van der Waals surface area contributed by atoms with Crippen molar-refractivity contribution < 1.29 is 4.39 Å². The predicted molar refractivity (Wildman–Crippen MR) is 227 cm³/mol. The van der Waals surface area contributed by atoms with Crippen LogP contribution in [0, 0.1) is 5.82 Å². The first-order valence-electron chi connectivity index (χ1n) is 18.9. The second-order valence-electron chi connectivity index (χ2n) is 15.1. The zero-order chi connectivity index (χ0) is 36.8. The van der Waals surface area contributed by atoms with Gasteiger partial charge in [0.1, 0.15) is 5.82 Å². The van der Waals surface area contributed by atoms with E-state index in [2.05, 4.69) is 186 Å². The summed E-state index contributed by atoms with van der Waals surface area (Å²) in [6, 6.07) is 63.9. The fourth-order valence-electron chi connectivity index (χ4n) is 9.29. The molecular weight excluding hydrogens is 674 g/mol. The van der Waals surface area contributed by atoms with Crippen LogP contribution < -0.4 is 4.90 Å². The minimum Gasteiger partial charge on any atom is -0.310 e. The first kappa shape index (κ1) is 31.6. The summed E-state index contributed by atoms with van der Waals surface area (Å²) in [5.74, 6) is -0.259. The number of fused-ring (bicyclic) bond motifs is 9. The molecule has 0 fully saturated rings. The molecular formula is C51H36FN3. The van der Waals surface area contributed by atoms with E-state index in [0.29, 0.717) is 0 Å². The van der Waals surface area contributed by atoms with E-state index in [1.165, 1.54) is 44.6 Å². The molecule has 4 heteroatoms. The lowest BCUT2D eigenvalue weighted by molar-refractivity contribution is 0.627. The Morgan fingerprint density at radius 1 is 0.436 bits per heavy atom. The van der Waals surface area contributed by atoms with Gasteiger partial charge in [0.05, 0.1) is 27.8 Å². The highest BCUT2D eigenvalue weighted by molar-refractivity contribution is 6.17. The third-order valence-electron chi connectivity index (χ3n) is 11.7. The molecule has 2 aromatic heterocycles. The fourth-order valence-corrected chi connectivity index (χ4v) is 9.29. The summed E-state index contributed by atoms with van der Waals surface area (Å²) in [5.41, 5.74) is 14.5. The Balaban J connectivity index is 1.23. The zero-order valence-electron chi connectivity index (χ0n) is 30.5. The summed E-state index contributed by atoms with van der Waals surface area (Å²) in [4.78, 5) is 2.43. The van der Waals surface area contributed by atoms with Crippen molar-refractivity contribution >= 4 is 60.7 Å². The molecule has 0 unspecified atom stereocenters.